The van der Waals surface area contributed by atoms with E-state index in [9.17, 15) is 0 Å². The molecule has 0 aliphatic carbocycles. The molecular weight excluding hydrogens is 436 g/mol. The van der Waals surface area contributed by atoms with Crippen LogP contribution in [0.15, 0.2) is 46.9 Å². The maximum atomic E-state index is 6.23. The Balaban J connectivity index is 1.31. The van der Waals surface area contributed by atoms with Crippen LogP contribution in [-0.4, -0.2) is 49.1 Å². The Morgan fingerprint density at radius 3 is 2.57 bits per heavy atom. The van der Waals surface area contributed by atoms with Crippen molar-refractivity contribution in [1.29, 1.82) is 0 Å². The summed E-state index contributed by atoms with van der Waals surface area (Å²) in [7, 11) is 0. The van der Waals surface area contributed by atoms with Gasteiger partial charge in [0.2, 0.25) is 0 Å². The average Bonchev–Trinajstić information content (AvgIpc) is 3.26. The number of piperidine rings is 1. The molecule has 2 aromatic rings. The molecule has 3 nitrogen and oxygen atoms in total. The molecule has 2 atom stereocenters. The highest BCUT2D eigenvalue weighted by Gasteiger charge is 2.36. The molecule has 3 aliphatic rings. The second-order valence-corrected chi connectivity index (χ2v) is 10.1. The molecule has 4 heteroatoms. The number of ether oxygens (including phenoxy) is 1. The zero-order valence-electron chi connectivity index (χ0n) is 17.9. The summed E-state index contributed by atoms with van der Waals surface area (Å²) in [4.78, 5) is 5.28. The number of fused-ring (bicyclic) bond motifs is 3. The number of likely N-dealkylation sites (tertiary alicyclic amines) is 1. The van der Waals surface area contributed by atoms with Gasteiger partial charge in [0, 0.05) is 29.5 Å². The maximum absolute atomic E-state index is 6.23. The third kappa shape index (κ3) is 4.46. The number of rotatable bonds is 6. The van der Waals surface area contributed by atoms with E-state index in [0.29, 0.717) is 12.0 Å². The lowest BCUT2D eigenvalue weighted by atomic mass is 9.81. The quantitative estimate of drug-likeness (QED) is 0.484. The van der Waals surface area contributed by atoms with Crippen LogP contribution in [0.5, 0.6) is 5.75 Å². The molecule has 0 N–H and O–H groups in total. The highest BCUT2D eigenvalue weighted by molar-refractivity contribution is 9.10. The zero-order valence-corrected chi connectivity index (χ0v) is 19.4. The van der Waals surface area contributed by atoms with Gasteiger partial charge in [-0.05, 0) is 92.7 Å². The zero-order chi connectivity index (χ0) is 20.3. The van der Waals surface area contributed by atoms with Gasteiger partial charge in [-0.3, -0.25) is 4.90 Å². The number of benzene rings is 2. The van der Waals surface area contributed by atoms with Gasteiger partial charge in [-0.2, -0.15) is 0 Å². The summed E-state index contributed by atoms with van der Waals surface area (Å²) in [5, 5.41) is 0. The van der Waals surface area contributed by atoms with Gasteiger partial charge in [0.15, 0.2) is 0 Å². The summed E-state index contributed by atoms with van der Waals surface area (Å²) in [6.07, 6.45) is 7.84. The van der Waals surface area contributed by atoms with E-state index in [4.69, 9.17) is 4.74 Å². The standard InChI is InChI=1S/C26H33BrN2O/c27-21-9-7-20(8-10-21)25-19-29-16-4-6-26(29)23-12-11-22(18-24(23)25)30-17-5-15-28-13-2-1-3-14-28/h7-12,18,25-26H,1-6,13-17,19H2/t25-,26+/m1/s1. The molecule has 0 unspecified atom stereocenters. The van der Waals surface area contributed by atoms with E-state index in [1.54, 1.807) is 0 Å². The summed E-state index contributed by atoms with van der Waals surface area (Å²) in [6, 6.07) is 16.4. The highest BCUT2D eigenvalue weighted by Crippen LogP contribution is 2.45. The molecule has 3 heterocycles. The first-order chi connectivity index (χ1) is 14.8. The largest absolute Gasteiger partial charge is 0.494 e. The molecule has 0 bridgehead atoms. The number of hydrogen-bond acceptors (Lipinski definition) is 3. The lowest BCUT2D eigenvalue weighted by molar-refractivity contribution is 0.204. The van der Waals surface area contributed by atoms with E-state index in [2.05, 4.69) is 68.2 Å². The Bertz CT molecular complexity index is 847. The predicted molar refractivity (Wildman–Crippen MR) is 126 cm³/mol. The van der Waals surface area contributed by atoms with Gasteiger partial charge in [0.05, 0.1) is 6.61 Å². The van der Waals surface area contributed by atoms with Gasteiger partial charge < -0.3 is 9.64 Å². The Labute approximate surface area is 189 Å². The van der Waals surface area contributed by atoms with E-state index in [1.165, 1.54) is 75.0 Å². The fraction of sp³-hybridized carbons (Fsp3) is 0.538. The van der Waals surface area contributed by atoms with E-state index in [0.717, 1.165) is 29.8 Å². The number of nitrogens with zero attached hydrogens (tertiary/aromatic N) is 2. The van der Waals surface area contributed by atoms with Gasteiger partial charge in [0.1, 0.15) is 5.75 Å². The summed E-state index contributed by atoms with van der Waals surface area (Å²) >= 11 is 3.59. The Kier molecular flexibility index (Phi) is 6.45. The van der Waals surface area contributed by atoms with Gasteiger partial charge in [-0.25, -0.2) is 0 Å². The molecule has 2 saturated heterocycles. The van der Waals surface area contributed by atoms with Gasteiger partial charge in [-0.1, -0.05) is 40.5 Å². The Morgan fingerprint density at radius 2 is 1.73 bits per heavy atom. The normalized spacial score (nSPS) is 24.4. The molecule has 160 valence electrons. The SMILES string of the molecule is Brc1ccc([C@H]2CN3CCC[C@H]3c3ccc(OCCCN4CCCCC4)cc32)cc1. The third-order valence-corrected chi connectivity index (χ3v) is 7.71. The molecule has 0 radical (unpaired) electrons. The first kappa shape index (κ1) is 20.5. The van der Waals surface area contributed by atoms with Gasteiger partial charge >= 0.3 is 0 Å². The predicted octanol–water partition coefficient (Wildman–Crippen LogP) is 5.99. The second-order valence-electron chi connectivity index (χ2n) is 9.15. The van der Waals surface area contributed by atoms with Crippen molar-refractivity contribution < 1.29 is 4.74 Å². The van der Waals surface area contributed by atoms with Crippen LogP contribution in [0.4, 0.5) is 0 Å². The van der Waals surface area contributed by atoms with Gasteiger partial charge in [0.25, 0.3) is 0 Å². The van der Waals surface area contributed by atoms with Crippen molar-refractivity contribution >= 4 is 15.9 Å². The summed E-state index contributed by atoms with van der Waals surface area (Å²) in [5.74, 6) is 1.47. The van der Waals surface area contributed by atoms with Crippen LogP contribution < -0.4 is 4.74 Å². The minimum atomic E-state index is 0.430. The smallest absolute Gasteiger partial charge is 0.119 e. The van der Waals surface area contributed by atoms with Crippen LogP contribution in [-0.2, 0) is 0 Å². The molecule has 30 heavy (non-hydrogen) atoms. The monoisotopic (exact) mass is 468 g/mol. The summed E-state index contributed by atoms with van der Waals surface area (Å²) < 4.78 is 7.38. The van der Waals surface area contributed by atoms with Gasteiger partial charge in [-0.15, -0.1) is 0 Å². The van der Waals surface area contributed by atoms with Crippen molar-refractivity contribution in [2.75, 3.05) is 39.3 Å². The van der Waals surface area contributed by atoms with Crippen LogP contribution in [0.1, 0.15) is 67.2 Å². The lowest BCUT2D eigenvalue weighted by Gasteiger charge is -2.37. The molecule has 5 rings (SSSR count). The van der Waals surface area contributed by atoms with Crippen molar-refractivity contribution in [1.82, 2.24) is 9.80 Å². The molecular formula is C26H33BrN2O. The number of halogens is 1. The first-order valence-corrected chi connectivity index (χ1v) is 12.6. The number of hydrogen-bond donors (Lipinski definition) is 0. The molecule has 0 spiro atoms. The molecule has 3 aliphatic heterocycles. The van der Waals surface area contributed by atoms with Crippen LogP contribution in [0, 0.1) is 0 Å². The second kappa shape index (κ2) is 9.42. The molecule has 0 amide bonds. The average molecular weight is 469 g/mol. The van der Waals surface area contributed by atoms with E-state index in [1.807, 2.05) is 0 Å². The van der Waals surface area contributed by atoms with Crippen LogP contribution in [0.2, 0.25) is 0 Å². The fourth-order valence-corrected chi connectivity index (χ4v) is 5.88. The van der Waals surface area contributed by atoms with E-state index < -0.39 is 0 Å². The van der Waals surface area contributed by atoms with Crippen molar-refractivity contribution in [2.45, 2.75) is 50.5 Å². The summed E-state index contributed by atoms with van der Waals surface area (Å²) in [6.45, 7) is 6.87. The lowest BCUT2D eigenvalue weighted by Crippen LogP contribution is -2.34. The van der Waals surface area contributed by atoms with E-state index in [-0.39, 0.29) is 0 Å². The topological polar surface area (TPSA) is 15.7 Å². The minimum absolute atomic E-state index is 0.430. The molecule has 0 aromatic heterocycles. The molecule has 2 fully saturated rings. The van der Waals surface area contributed by atoms with Crippen molar-refractivity contribution in [3.63, 3.8) is 0 Å². The van der Waals surface area contributed by atoms with E-state index >= 15 is 0 Å². The molecule has 0 saturated carbocycles. The third-order valence-electron chi connectivity index (χ3n) is 7.18. The Morgan fingerprint density at radius 1 is 0.900 bits per heavy atom. The summed E-state index contributed by atoms with van der Waals surface area (Å²) in [5.41, 5.74) is 4.41. The maximum Gasteiger partial charge on any atom is 0.119 e. The fourth-order valence-electron chi connectivity index (χ4n) is 5.62. The van der Waals surface area contributed by atoms with Crippen LogP contribution >= 0.6 is 15.9 Å². The van der Waals surface area contributed by atoms with Crippen molar-refractivity contribution in [3.8, 4) is 5.75 Å². The van der Waals surface area contributed by atoms with Crippen molar-refractivity contribution in [2.24, 2.45) is 0 Å². The van der Waals surface area contributed by atoms with Crippen molar-refractivity contribution in [3.05, 3.63) is 63.6 Å². The minimum Gasteiger partial charge on any atom is -0.494 e. The first-order valence-electron chi connectivity index (χ1n) is 11.8. The molecule has 2 aromatic carbocycles. The highest BCUT2D eigenvalue weighted by atomic mass is 79.9. The Hall–Kier alpha value is -1.36. The van der Waals surface area contributed by atoms with Crippen LogP contribution in [0.3, 0.4) is 0 Å². The van der Waals surface area contributed by atoms with Crippen LogP contribution in [0.25, 0.3) is 0 Å².